The summed E-state index contributed by atoms with van der Waals surface area (Å²) in [5.74, 6) is 1.07. The van der Waals surface area contributed by atoms with Gasteiger partial charge in [-0.2, -0.15) is 0 Å². The number of nitrogens with zero attached hydrogens (tertiary/aromatic N) is 2. The molecule has 1 aliphatic heterocycles. The first-order valence-corrected chi connectivity index (χ1v) is 12.5. The predicted octanol–water partition coefficient (Wildman–Crippen LogP) is 4.97. The number of nitrogens with one attached hydrogen (secondary N) is 1. The van der Waals surface area contributed by atoms with Crippen molar-refractivity contribution in [1.82, 2.24) is 9.55 Å². The number of carbonyl (C=O) groups excluding carboxylic acids is 1. The number of aromatic nitrogens is 2. The lowest BCUT2D eigenvalue weighted by Crippen LogP contribution is -2.27. The van der Waals surface area contributed by atoms with Crippen molar-refractivity contribution in [2.75, 3.05) is 12.1 Å². The van der Waals surface area contributed by atoms with Gasteiger partial charge in [-0.15, -0.1) is 11.3 Å². The van der Waals surface area contributed by atoms with Crippen LogP contribution < -0.4 is 20.3 Å². The number of carbonyl (C=O) groups is 1. The number of amides is 1. The highest BCUT2D eigenvalue weighted by molar-refractivity contribution is 8.00. The molecule has 1 amide bonds. The van der Waals surface area contributed by atoms with Crippen molar-refractivity contribution in [2.45, 2.75) is 37.7 Å². The van der Waals surface area contributed by atoms with Crippen LogP contribution in [0.2, 0.25) is 0 Å². The van der Waals surface area contributed by atoms with E-state index in [1.54, 1.807) is 29.7 Å². The van der Waals surface area contributed by atoms with Crippen LogP contribution in [0.3, 0.4) is 0 Å². The van der Waals surface area contributed by atoms with E-state index in [-0.39, 0.29) is 18.3 Å². The minimum absolute atomic E-state index is 0.0819. The highest BCUT2D eigenvalue weighted by Crippen LogP contribution is 2.35. The number of aryl methyl sites for hydroxylation is 2. The molecule has 0 radical (unpaired) electrons. The summed E-state index contributed by atoms with van der Waals surface area (Å²) >= 11 is 2.78. The third-order valence-electron chi connectivity index (χ3n) is 5.73. The molecule has 2 aromatic carbocycles. The van der Waals surface area contributed by atoms with E-state index in [2.05, 4.69) is 5.32 Å². The average Bonchev–Trinajstić information content (AvgIpc) is 3.40. The first kappa shape index (κ1) is 22.5. The number of hydrogen-bond donors (Lipinski definition) is 1. The second-order valence-electron chi connectivity index (χ2n) is 8.05. The summed E-state index contributed by atoms with van der Waals surface area (Å²) < 4.78 is 12.4. The number of anilines is 1. The number of rotatable bonds is 6. The Labute approximate surface area is 204 Å². The highest BCUT2D eigenvalue weighted by atomic mass is 32.2. The van der Waals surface area contributed by atoms with E-state index in [1.807, 2.05) is 44.2 Å². The number of ether oxygens (including phenoxy) is 2. The molecule has 3 heterocycles. The van der Waals surface area contributed by atoms with E-state index in [4.69, 9.17) is 14.5 Å². The van der Waals surface area contributed by atoms with E-state index in [0.29, 0.717) is 39.1 Å². The first-order chi connectivity index (χ1) is 16.4. The van der Waals surface area contributed by atoms with Crippen LogP contribution in [0.1, 0.15) is 22.9 Å². The van der Waals surface area contributed by atoms with Crippen molar-refractivity contribution in [3.05, 3.63) is 74.9 Å². The lowest BCUT2D eigenvalue weighted by atomic mass is 10.2. The maximum Gasteiger partial charge on any atom is 0.263 e. The van der Waals surface area contributed by atoms with Gasteiger partial charge in [0, 0.05) is 16.6 Å². The van der Waals surface area contributed by atoms with Gasteiger partial charge in [0.15, 0.2) is 16.7 Å². The number of benzene rings is 2. The summed E-state index contributed by atoms with van der Waals surface area (Å²) in [7, 11) is 0. The van der Waals surface area contributed by atoms with Gasteiger partial charge in [-0.05, 0) is 44.0 Å². The fraction of sp³-hybridized carbons (Fsp3) is 0.240. The van der Waals surface area contributed by atoms with Crippen molar-refractivity contribution in [3.8, 4) is 11.5 Å². The summed E-state index contributed by atoms with van der Waals surface area (Å²) in [6.45, 7) is 6.32. The van der Waals surface area contributed by atoms with Gasteiger partial charge in [-0.25, -0.2) is 4.98 Å². The van der Waals surface area contributed by atoms with Gasteiger partial charge in [0.25, 0.3) is 5.56 Å². The molecule has 0 saturated carbocycles. The van der Waals surface area contributed by atoms with Gasteiger partial charge < -0.3 is 14.8 Å². The SMILES string of the molecule is Cc1sc2nc(S[C@H](C)C(=O)Nc3ccc4c(c3)OCO4)n(Cc3ccccc3)c(=O)c2c1C. The Kier molecular flexibility index (Phi) is 6.05. The smallest absolute Gasteiger partial charge is 0.263 e. The number of hydrogen-bond acceptors (Lipinski definition) is 7. The van der Waals surface area contributed by atoms with Crippen molar-refractivity contribution in [1.29, 1.82) is 0 Å². The van der Waals surface area contributed by atoms with Crippen molar-refractivity contribution >= 4 is 44.9 Å². The summed E-state index contributed by atoms with van der Waals surface area (Å²) in [5.41, 5.74) is 2.50. The van der Waals surface area contributed by atoms with Gasteiger partial charge >= 0.3 is 0 Å². The topological polar surface area (TPSA) is 82.4 Å². The van der Waals surface area contributed by atoms with Gasteiger partial charge in [0.1, 0.15) is 4.83 Å². The molecular formula is C25H23N3O4S2. The van der Waals surface area contributed by atoms with E-state index >= 15 is 0 Å². The molecule has 174 valence electrons. The molecule has 5 rings (SSSR count). The normalized spacial score (nSPS) is 13.3. The molecule has 0 fully saturated rings. The van der Waals surface area contributed by atoms with Crippen molar-refractivity contribution < 1.29 is 14.3 Å². The van der Waals surface area contributed by atoms with Crippen molar-refractivity contribution in [2.24, 2.45) is 0 Å². The number of thioether (sulfide) groups is 1. The zero-order valence-corrected chi connectivity index (χ0v) is 20.6. The van der Waals surface area contributed by atoms with Crippen LogP contribution in [-0.4, -0.2) is 27.5 Å². The second-order valence-corrected chi connectivity index (χ2v) is 10.6. The number of thiophene rings is 1. The van der Waals surface area contributed by atoms with Gasteiger partial charge in [-0.1, -0.05) is 42.1 Å². The van der Waals surface area contributed by atoms with Gasteiger partial charge in [0.2, 0.25) is 12.7 Å². The third kappa shape index (κ3) is 4.28. The van der Waals surface area contributed by atoms with E-state index in [1.165, 1.54) is 23.1 Å². The summed E-state index contributed by atoms with van der Waals surface area (Å²) in [6, 6.07) is 15.1. The predicted molar refractivity (Wildman–Crippen MR) is 135 cm³/mol. The Balaban J connectivity index is 1.45. The van der Waals surface area contributed by atoms with E-state index in [9.17, 15) is 9.59 Å². The van der Waals surface area contributed by atoms with Crippen LogP contribution in [0.5, 0.6) is 11.5 Å². The standard InChI is InChI=1S/C25H23N3O4S2/c1-14-15(2)33-23-21(14)24(30)28(12-17-7-5-4-6-8-17)25(27-23)34-16(3)22(29)26-18-9-10-19-20(11-18)32-13-31-19/h4-11,16H,12-13H2,1-3H3,(H,26,29)/t16-/m1/s1. The zero-order valence-electron chi connectivity index (χ0n) is 19.0. The van der Waals surface area contributed by atoms with E-state index in [0.717, 1.165) is 16.0 Å². The Hall–Kier alpha value is -3.30. The Morgan fingerprint density at radius 1 is 1.18 bits per heavy atom. The van der Waals surface area contributed by atoms with Gasteiger partial charge in [0.05, 0.1) is 17.2 Å². The molecule has 0 saturated heterocycles. The Bertz CT molecular complexity index is 1450. The molecule has 9 heteroatoms. The van der Waals surface area contributed by atoms with Crippen LogP contribution in [0.15, 0.2) is 58.5 Å². The minimum atomic E-state index is -0.487. The largest absolute Gasteiger partial charge is 0.454 e. The molecule has 1 aliphatic rings. The molecule has 0 unspecified atom stereocenters. The monoisotopic (exact) mass is 493 g/mol. The molecule has 0 spiro atoms. The van der Waals surface area contributed by atoms with Crippen LogP contribution in [0.4, 0.5) is 5.69 Å². The van der Waals surface area contributed by atoms with E-state index < -0.39 is 5.25 Å². The number of fused-ring (bicyclic) bond motifs is 2. The molecule has 0 bridgehead atoms. The maximum atomic E-state index is 13.5. The molecule has 1 N–H and O–H groups in total. The molecule has 0 aliphatic carbocycles. The molecule has 7 nitrogen and oxygen atoms in total. The Morgan fingerprint density at radius 3 is 2.74 bits per heavy atom. The average molecular weight is 494 g/mol. The lowest BCUT2D eigenvalue weighted by Gasteiger charge is -2.16. The molecular weight excluding hydrogens is 470 g/mol. The summed E-state index contributed by atoms with van der Waals surface area (Å²) in [5, 5.41) is 3.61. The van der Waals surface area contributed by atoms with Crippen LogP contribution in [-0.2, 0) is 11.3 Å². The van der Waals surface area contributed by atoms with Crippen LogP contribution >= 0.6 is 23.1 Å². The Morgan fingerprint density at radius 2 is 1.94 bits per heavy atom. The van der Waals surface area contributed by atoms with Crippen LogP contribution in [0.25, 0.3) is 10.2 Å². The van der Waals surface area contributed by atoms with Gasteiger partial charge in [-0.3, -0.25) is 14.2 Å². The second kappa shape index (κ2) is 9.15. The lowest BCUT2D eigenvalue weighted by molar-refractivity contribution is -0.115. The summed E-state index contributed by atoms with van der Waals surface area (Å²) in [6.07, 6.45) is 0. The maximum absolute atomic E-state index is 13.5. The fourth-order valence-corrected chi connectivity index (χ4v) is 5.71. The highest BCUT2D eigenvalue weighted by Gasteiger charge is 2.22. The van der Waals surface area contributed by atoms with Crippen molar-refractivity contribution in [3.63, 3.8) is 0 Å². The molecule has 34 heavy (non-hydrogen) atoms. The first-order valence-electron chi connectivity index (χ1n) is 10.8. The molecule has 4 aromatic rings. The minimum Gasteiger partial charge on any atom is -0.454 e. The fourth-order valence-electron chi connectivity index (χ4n) is 3.73. The molecule has 1 atom stereocenters. The van der Waals surface area contributed by atoms with Crippen LogP contribution in [0, 0.1) is 13.8 Å². The summed E-state index contributed by atoms with van der Waals surface area (Å²) in [4.78, 5) is 33.1. The quantitative estimate of drug-likeness (QED) is 0.302. The zero-order chi connectivity index (χ0) is 23.8. The molecule has 2 aromatic heterocycles. The third-order valence-corrected chi connectivity index (χ3v) is 7.92.